The maximum atomic E-state index is 14.1. The molecule has 1 aromatic heterocycles. The molecule has 0 bridgehead atoms. The summed E-state index contributed by atoms with van der Waals surface area (Å²) in [6, 6.07) is 4.93. The summed E-state index contributed by atoms with van der Waals surface area (Å²) < 4.78 is 14.1. The summed E-state index contributed by atoms with van der Waals surface area (Å²) in [6.07, 6.45) is 5.00. The molecule has 0 saturated heterocycles. The number of hydrogen-bond donors (Lipinski definition) is 1. The molecule has 0 radical (unpaired) electrons. The molecule has 0 fully saturated rings. The van der Waals surface area contributed by atoms with Crippen LogP contribution in [0.2, 0.25) is 5.02 Å². The van der Waals surface area contributed by atoms with E-state index in [1.807, 2.05) is 6.92 Å². The van der Waals surface area contributed by atoms with Crippen molar-refractivity contribution >= 4 is 11.6 Å². The van der Waals surface area contributed by atoms with Crippen molar-refractivity contribution in [2.24, 2.45) is 0 Å². The van der Waals surface area contributed by atoms with E-state index in [0.29, 0.717) is 17.8 Å². The summed E-state index contributed by atoms with van der Waals surface area (Å²) in [7, 11) is 0. The zero-order chi connectivity index (χ0) is 15.2. The Hall–Kier alpha value is -1.52. The Bertz CT molecular complexity index is 587. The van der Waals surface area contributed by atoms with Crippen molar-refractivity contribution in [2.75, 3.05) is 6.54 Å². The smallest absolute Gasteiger partial charge is 0.145 e. The second-order valence-corrected chi connectivity index (χ2v) is 5.45. The molecule has 0 amide bonds. The van der Waals surface area contributed by atoms with Crippen LogP contribution in [0, 0.1) is 12.7 Å². The first-order chi connectivity index (χ1) is 10.1. The molecule has 112 valence electrons. The highest BCUT2D eigenvalue weighted by Crippen LogP contribution is 2.22. The maximum Gasteiger partial charge on any atom is 0.145 e. The van der Waals surface area contributed by atoms with Crippen LogP contribution in [-0.4, -0.2) is 16.5 Å². The van der Waals surface area contributed by atoms with Crippen molar-refractivity contribution in [1.29, 1.82) is 0 Å². The van der Waals surface area contributed by atoms with Gasteiger partial charge in [-0.3, -0.25) is 0 Å². The Balaban J connectivity index is 2.23. The lowest BCUT2D eigenvalue weighted by atomic mass is 10.0. The number of rotatable bonds is 6. The predicted octanol–water partition coefficient (Wildman–Crippen LogP) is 3.86. The molecule has 1 heterocycles. The fourth-order valence-corrected chi connectivity index (χ4v) is 2.28. The third-order valence-electron chi connectivity index (χ3n) is 3.21. The lowest BCUT2D eigenvalue weighted by Gasteiger charge is -2.18. The minimum Gasteiger partial charge on any atom is -0.307 e. The molecule has 5 heteroatoms. The van der Waals surface area contributed by atoms with Gasteiger partial charge in [0.25, 0.3) is 0 Å². The van der Waals surface area contributed by atoms with Crippen molar-refractivity contribution in [3.8, 4) is 0 Å². The molecule has 1 atom stereocenters. The van der Waals surface area contributed by atoms with Crippen LogP contribution in [0.3, 0.4) is 0 Å². The van der Waals surface area contributed by atoms with E-state index in [-0.39, 0.29) is 16.9 Å². The molecule has 0 aliphatic carbocycles. The Morgan fingerprint density at radius 1 is 1.29 bits per heavy atom. The van der Waals surface area contributed by atoms with Crippen LogP contribution in [0.25, 0.3) is 0 Å². The van der Waals surface area contributed by atoms with Gasteiger partial charge in [-0.25, -0.2) is 14.4 Å². The predicted molar refractivity (Wildman–Crippen MR) is 82.9 cm³/mol. The van der Waals surface area contributed by atoms with Crippen molar-refractivity contribution in [2.45, 2.75) is 32.7 Å². The number of aryl methyl sites for hydroxylation is 1. The van der Waals surface area contributed by atoms with E-state index in [9.17, 15) is 4.39 Å². The van der Waals surface area contributed by atoms with E-state index in [1.165, 1.54) is 0 Å². The quantitative estimate of drug-likeness (QED) is 0.880. The fraction of sp³-hybridized carbons (Fsp3) is 0.375. The molecule has 1 aromatic carbocycles. The number of halogens is 2. The Morgan fingerprint density at radius 3 is 2.67 bits per heavy atom. The second kappa shape index (κ2) is 7.48. The van der Waals surface area contributed by atoms with Crippen LogP contribution in [0.1, 0.15) is 36.3 Å². The molecule has 1 unspecified atom stereocenters. The van der Waals surface area contributed by atoms with Crippen LogP contribution in [0.4, 0.5) is 4.39 Å². The maximum absolute atomic E-state index is 14.1. The summed E-state index contributed by atoms with van der Waals surface area (Å²) in [5.41, 5.74) is 1.57. The van der Waals surface area contributed by atoms with E-state index in [4.69, 9.17) is 11.6 Å². The van der Waals surface area contributed by atoms with Crippen LogP contribution in [0.15, 0.2) is 30.6 Å². The van der Waals surface area contributed by atoms with Gasteiger partial charge in [-0.2, -0.15) is 0 Å². The van der Waals surface area contributed by atoms with Crippen LogP contribution >= 0.6 is 11.6 Å². The zero-order valence-corrected chi connectivity index (χ0v) is 13.0. The molecule has 1 N–H and O–H groups in total. The lowest BCUT2D eigenvalue weighted by Crippen LogP contribution is -2.26. The monoisotopic (exact) mass is 307 g/mol. The molecule has 2 rings (SSSR count). The van der Waals surface area contributed by atoms with Gasteiger partial charge < -0.3 is 5.32 Å². The summed E-state index contributed by atoms with van der Waals surface area (Å²) in [5, 5.41) is 3.51. The first kappa shape index (κ1) is 15.9. The highest BCUT2D eigenvalue weighted by molar-refractivity contribution is 6.30. The fourth-order valence-electron chi connectivity index (χ4n) is 2.08. The molecule has 3 nitrogen and oxygen atoms in total. The third kappa shape index (κ3) is 4.22. The van der Waals surface area contributed by atoms with Gasteiger partial charge in [0.05, 0.1) is 11.1 Å². The van der Waals surface area contributed by atoms with Crippen LogP contribution in [0.5, 0.6) is 0 Å². The zero-order valence-electron chi connectivity index (χ0n) is 12.2. The highest BCUT2D eigenvalue weighted by Gasteiger charge is 2.17. The average molecular weight is 308 g/mol. The van der Waals surface area contributed by atoms with Gasteiger partial charge in [0, 0.05) is 12.4 Å². The first-order valence-electron chi connectivity index (χ1n) is 7.06. The normalized spacial score (nSPS) is 12.4. The summed E-state index contributed by atoms with van der Waals surface area (Å²) in [4.78, 5) is 8.70. The molecule has 0 aliphatic rings. The van der Waals surface area contributed by atoms with Crippen molar-refractivity contribution in [3.63, 3.8) is 0 Å². The third-order valence-corrected chi connectivity index (χ3v) is 3.50. The minimum absolute atomic E-state index is 0.126. The van der Waals surface area contributed by atoms with E-state index in [2.05, 4.69) is 22.2 Å². The summed E-state index contributed by atoms with van der Waals surface area (Å²) in [6.45, 7) is 4.85. The summed E-state index contributed by atoms with van der Waals surface area (Å²) in [5.74, 6) is 0.308. The van der Waals surface area contributed by atoms with Gasteiger partial charge in [-0.15, -0.1) is 0 Å². The van der Waals surface area contributed by atoms with Crippen molar-refractivity contribution in [1.82, 2.24) is 15.3 Å². The highest BCUT2D eigenvalue weighted by atomic mass is 35.5. The van der Waals surface area contributed by atoms with Gasteiger partial charge in [0.1, 0.15) is 11.6 Å². The molecule has 0 saturated carbocycles. The second-order valence-electron chi connectivity index (χ2n) is 5.04. The number of nitrogens with zero attached hydrogens (tertiary/aromatic N) is 2. The van der Waals surface area contributed by atoms with Crippen molar-refractivity contribution < 1.29 is 4.39 Å². The molecular weight excluding hydrogens is 289 g/mol. The van der Waals surface area contributed by atoms with Crippen LogP contribution in [-0.2, 0) is 6.42 Å². The summed E-state index contributed by atoms with van der Waals surface area (Å²) >= 11 is 5.84. The Kier molecular flexibility index (Phi) is 5.65. The van der Waals surface area contributed by atoms with Gasteiger partial charge in [0.15, 0.2) is 0 Å². The number of hydrogen-bond acceptors (Lipinski definition) is 3. The largest absolute Gasteiger partial charge is 0.307 e. The first-order valence-corrected chi connectivity index (χ1v) is 7.44. The standard InChI is InChI=1S/C16H19ClFN3/c1-3-7-19-14(16-20-9-11(2)10-21-16)8-12-5-4-6-13(17)15(12)18/h4-6,9-10,14,19H,3,7-8H2,1-2H3. The van der Waals surface area contributed by atoms with E-state index in [0.717, 1.165) is 18.5 Å². The van der Waals surface area contributed by atoms with E-state index >= 15 is 0 Å². The van der Waals surface area contributed by atoms with E-state index < -0.39 is 0 Å². The molecule has 0 spiro atoms. The SMILES string of the molecule is CCCNC(Cc1cccc(Cl)c1F)c1ncc(C)cn1. The van der Waals surface area contributed by atoms with E-state index in [1.54, 1.807) is 30.6 Å². The van der Waals surface area contributed by atoms with Gasteiger partial charge in [-0.1, -0.05) is 30.7 Å². The Morgan fingerprint density at radius 2 is 2.00 bits per heavy atom. The Labute approximate surface area is 129 Å². The van der Waals surface area contributed by atoms with Crippen LogP contribution < -0.4 is 5.32 Å². The number of nitrogens with one attached hydrogen (secondary N) is 1. The van der Waals surface area contributed by atoms with Gasteiger partial charge in [0.2, 0.25) is 0 Å². The van der Waals surface area contributed by atoms with Crippen molar-refractivity contribution in [3.05, 3.63) is 58.4 Å². The molecule has 21 heavy (non-hydrogen) atoms. The topological polar surface area (TPSA) is 37.8 Å². The van der Waals surface area contributed by atoms with Gasteiger partial charge >= 0.3 is 0 Å². The van der Waals surface area contributed by atoms with Gasteiger partial charge in [-0.05, 0) is 43.5 Å². The molecule has 2 aromatic rings. The minimum atomic E-state index is -0.366. The molecule has 0 aliphatic heterocycles. The number of benzene rings is 1. The molecular formula is C16H19ClFN3. The lowest BCUT2D eigenvalue weighted by molar-refractivity contribution is 0.491. The average Bonchev–Trinajstić information content (AvgIpc) is 2.49. The number of aromatic nitrogens is 2.